The van der Waals surface area contributed by atoms with Crippen molar-refractivity contribution in [1.82, 2.24) is 14.9 Å². The summed E-state index contributed by atoms with van der Waals surface area (Å²) in [6, 6.07) is 2.48. The van der Waals surface area contributed by atoms with Crippen LogP contribution in [0.1, 0.15) is 13.3 Å². The average molecular weight is 267 g/mol. The number of hydrogen-bond acceptors (Lipinski definition) is 6. The van der Waals surface area contributed by atoms with Gasteiger partial charge in [0.05, 0.1) is 0 Å². The van der Waals surface area contributed by atoms with E-state index in [0.29, 0.717) is 6.04 Å². The standard InChI is InChI=1S/C12H21N5S/c1-4-13-10-7-11(16-12(15-10)18-3)14-9-5-6-17(2)8-9/h7,9H,4-6,8H2,1-3H3,(H2,13,14,15,16). The first kappa shape index (κ1) is 13.4. The van der Waals surface area contributed by atoms with Gasteiger partial charge in [-0.25, -0.2) is 9.97 Å². The van der Waals surface area contributed by atoms with Crippen LogP contribution in [0.4, 0.5) is 11.6 Å². The van der Waals surface area contributed by atoms with E-state index in [1.165, 1.54) is 6.42 Å². The summed E-state index contributed by atoms with van der Waals surface area (Å²) in [5, 5.41) is 7.55. The highest BCUT2D eigenvalue weighted by molar-refractivity contribution is 7.98. The Morgan fingerprint density at radius 1 is 1.44 bits per heavy atom. The molecule has 1 saturated heterocycles. The van der Waals surface area contributed by atoms with Crippen LogP contribution in [0.2, 0.25) is 0 Å². The van der Waals surface area contributed by atoms with E-state index in [2.05, 4.69) is 39.5 Å². The minimum Gasteiger partial charge on any atom is -0.370 e. The van der Waals surface area contributed by atoms with Gasteiger partial charge in [0.15, 0.2) is 5.16 Å². The molecule has 1 atom stereocenters. The molecule has 100 valence electrons. The minimum atomic E-state index is 0.495. The van der Waals surface area contributed by atoms with Gasteiger partial charge < -0.3 is 15.5 Å². The highest BCUT2D eigenvalue weighted by Gasteiger charge is 2.19. The van der Waals surface area contributed by atoms with Crippen molar-refractivity contribution in [2.45, 2.75) is 24.5 Å². The van der Waals surface area contributed by atoms with Gasteiger partial charge in [0, 0.05) is 25.2 Å². The molecular weight excluding hydrogens is 246 g/mol. The van der Waals surface area contributed by atoms with Crippen molar-refractivity contribution in [3.63, 3.8) is 0 Å². The van der Waals surface area contributed by atoms with Crippen molar-refractivity contribution < 1.29 is 0 Å². The normalized spacial score (nSPS) is 20.1. The van der Waals surface area contributed by atoms with Gasteiger partial charge in [0.2, 0.25) is 0 Å². The van der Waals surface area contributed by atoms with Gasteiger partial charge in [-0.3, -0.25) is 0 Å². The summed E-state index contributed by atoms with van der Waals surface area (Å²) in [5.74, 6) is 1.82. The lowest BCUT2D eigenvalue weighted by Crippen LogP contribution is -2.24. The van der Waals surface area contributed by atoms with Gasteiger partial charge in [-0.15, -0.1) is 0 Å². The van der Waals surface area contributed by atoms with E-state index in [1.807, 2.05) is 12.3 Å². The monoisotopic (exact) mass is 267 g/mol. The molecule has 0 spiro atoms. The summed E-state index contributed by atoms with van der Waals surface area (Å²) in [5.41, 5.74) is 0. The summed E-state index contributed by atoms with van der Waals surface area (Å²) in [7, 11) is 2.15. The average Bonchev–Trinajstić information content (AvgIpc) is 2.75. The topological polar surface area (TPSA) is 53.1 Å². The SMILES string of the molecule is CCNc1cc(NC2CCN(C)C2)nc(SC)n1. The number of rotatable bonds is 5. The van der Waals surface area contributed by atoms with E-state index in [9.17, 15) is 0 Å². The Hall–Kier alpha value is -1.01. The Morgan fingerprint density at radius 3 is 2.83 bits per heavy atom. The van der Waals surface area contributed by atoms with E-state index in [4.69, 9.17) is 0 Å². The highest BCUT2D eigenvalue weighted by Crippen LogP contribution is 2.19. The molecule has 1 aromatic heterocycles. The van der Waals surface area contributed by atoms with E-state index >= 15 is 0 Å². The maximum absolute atomic E-state index is 4.50. The third kappa shape index (κ3) is 3.49. The van der Waals surface area contributed by atoms with E-state index in [1.54, 1.807) is 11.8 Å². The predicted octanol–water partition coefficient (Wildman–Crippen LogP) is 1.75. The second-order valence-electron chi connectivity index (χ2n) is 4.55. The Labute approximate surface area is 113 Å². The Bertz CT molecular complexity index is 398. The number of hydrogen-bond donors (Lipinski definition) is 2. The third-order valence-electron chi connectivity index (χ3n) is 2.99. The van der Waals surface area contributed by atoms with Crippen LogP contribution < -0.4 is 10.6 Å². The fourth-order valence-corrected chi connectivity index (χ4v) is 2.50. The van der Waals surface area contributed by atoms with Crippen molar-refractivity contribution in [2.24, 2.45) is 0 Å². The number of likely N-dealkylation sites (N-methyl/N-ethyl adjacent to an activating group) is 1. The molecule has 0 bridgehead atoms. The molecule has 6 heteroatoms. The van der Waals surface area contributed by atoms with Gasteiger partial charge in [-0.05, 0) is 33.2 Å². The number of aromatic nitrogens is 2. The van der Waals surface area contributed by atoms with Gasteiger partial charge in [-0.1, -0.05) is 11.8 Å². The lowest BCUT2D eigenvalue weighted by Gasteiger charge is -2.15. The fraction of sp³-hybridized carbons (Fsp3) is 0.667. The molecule has 18 heavy (non-hydrogen) atoms. The lowest BCUT2D eigenvalue weighted by molar-refractivity contribution is 0.414. The molecule has 0 aliphatic carbocycles. The van der Waals surface area contributed by atoms with Crippen LogP contribution in [0.25, 0.3) is 0 Å². The van der Waals surface area contributed by atoms with E-state index in [0.717, 1.165) is 36.4 Å². The van der Waals surface area contributed by atoms with Crippen LogP contribution in [-0.2, 0) is 0 Å². The molecule has 0 radical (unpaired) electrons. The molecule has 1 aliphatic rings. The molecule has 2 rings (SSSR count). The number of likely N-dealkylation sites (tertiary alicyclic amines) is 1. The second kappa shape index (κ2) is 6.24. The molecule has 0 amide bonds. The molecule has 0 aromatic carbocycles. The van der Waals surface area contributed by atoms with Crippen molar-refractivity contribution in [1.29, 1.82) is 0 Å². The maximum Gasteiger partial charge on any atom is 0.191 e. The third-order valence-corrected chi connectivity index (χ3v) is 3.54. The smallest absolute Gasteiger partial charge is 0.191 e. The second-order valence-corrected chi connectivity index (χ2v) is 5.32. The molecule has 1 unspecified atom stereocenters. The molecule has 0 saturated carbocycles. The first-order valence-electron chi connectivity index (χ1n) is 6.33. The Kier molecular flexibility index (Phi) is 4.66. The quantitative estimate of drug-likeness (QED) is 0.626. The van der Waals surface area contributed by atoms with Crippen LogP contribution in [0.3, 0.4) is 0 Å². The zero-order valence-corrected chi connectivity index (χ0v) is 12.0. The summed E-state index contributed by atoms with van der Waals surface area (Å²) < 4.78 is 0. The van der Waals surface area contributed by atoms with Crippen LogP contribution in [0.15, 0.2) is 11.2 Å². The molecule has 2 N–H and O–H groups in total. The predicted molar refractivity (Wildman–Crippen MR) is 77.5 cm³/mol. The maximum atomic E-state index is 4.50. The number of nitrogens with zero attached hydrogens (tertiary/aromatic N) is 3. The zero-order valence-electron chi connectivity index (χ0n) is 11.2. The van der Waals surface area contributed by atoms with Crippen LogP contribution in [0, 0.1) is 0 Å². The van der Waals surface area contributed by atoms with Crippen LogP contribution in [0.5, 0.6) is 0 Å². The molecule has 1 aromatic rings. The van der Waals surface area contributed by atoms with Crippen molar-refractivity contribution in [3.8, 4) is 0 Å². The van der Waals surface area contributed by atoms with Crippen LogP contribution in [-0.4, -0.2) is 53.8 Å². The summed E-state index contributed by atoms with van der Waals surface area (Å²) in [6.07, 6.45) is 3.17. The van der Waals surface area contributed by atoms with Gasteiger partial charge in [-0.2, -0.15) is 0 Å². The first-order chi connectivity index (χ1) is 8.71. The Morgan fingerprint density at radius 2 is 2.22 bits per heavy atom. The molecule has 1 aliphatic heterocycles. The summed E-state index contributed by atoms with van der Waals surface area (Å²) in [6.45, 7) is 5.17. The van der Waals surface area contributed by atoms with E-state index < -0.39 is 0 Å². The molecule has 1 fully saturated rings. The molecule has 5 nitrogen and oxygen atoms in total. The zero-order chi connectivity index (χ0) is 13.0. The lowest BCUT2D eigenvalue weighted by atomic mass is 10.2. The first-order valence-corrected chi connectivity index (χ1v) is 7.55. The number of thioether (sulfide) groups is 1. The van der Waals surface area contributed by atoms with Gasteiger partial charge in [0.25, 0.3) is 0 Å². The van der Waals surface area contributed by atoms with E-state index in [-0.39, 0.29) is 0 Å². The fourth-order valence-electron chi connectivity index (χ4n) is 2.12. The van der Waals surface area contributed by atoms with Crippen LogP contribution >= 0.6 is 11.8 Å². The van der Waals surface area contributed by atoms with Gasteiger partial charge in [0.1, 0.15) is 11.6 Å². The van der Waals surface area contributed by atoms with Crippen molar-refractivity contribution in [2.75, 3.05) is 43.6 Å². The molecule has 2 heterocycles. The minimum absolute atomic E-state index is 0.495. The van der Waals surface area contributed by atoms with Crippen molar-refractivity contribution >= 4 is 23.4 Å². The number of anilines is 2. The summed E-state index contributed by atoms with van der Waals surface area (Å²) >= 11 is 1.57. The van der Waals surface area contributed by atoms with Crippen molar-refractivity contribution in [3.05, 3.63) is 6.07 Å². The largest absolute Gasteiger partial charge is 0.370 e. The highest BCUT2D eigenvalue weighted by atomic mass is 32.2. The molecular formula is C12H21N5S. The number of nitrogens with one attached hydrogen (secondary N) is 2. The summed E-state index contributed by atoms with van der Waals surface area (Å²) in [4.78, 5) is 11.3. The Balaban J connectivity index is 2.08. The van der Waals surface area contributed by atoms with Gasteiger partial charge >= 0.3 is 0 Å².